The molecule has 1 aliphatic heterocycles. The minimum Gasteiger partial charge on any atom is -0.352 e. The zero-order valence-corrected chi connectivity index (χ0v) is 13.8. The maximum atomic E-state index is 12.7. The molecule has 0 unspecified atom stereocenters. The Kier molecular flexibility index (Phi) is 5.25. The summed E-state index contributed by atoms with van der Waals surface area (Å²) in [6.45, 7) is 6.45. The van der Waals surface area contributed by atoms with Crippen LogP contribution in [0.15, 0.2) is 0 Å². The second-order valence-corrected chi connectivity index (χ2v) is 6.81. The minimum absolute atomic E-state index is 0.0272. The van der Waals surface area contributed by atoms with Gasteiger partial charge in [-0.15, -0.1) is 0 Å². The molecule has 2 aliphatic rings. The van der Waals surface area contributed by atoms with Gasteiger partial charge in [0.1, 0.15) is 0 Å². The average Bonchev–Trinajstić information content (AvgIpc) is 3.21. The molecule has 3 atom stereocenters. The second-order valence-electron chi connectivity index (χ2n) is 6.81. The molecule has 5 nitrogen and oxygen atoms in total. The van der Waals surface area contributed by atoms with Gasteiger partial charge in [-0.2, -0.15) is 0 Å². The zero-order chi connectivity index (χ0) is 15.6. The molecule has 0 spiro atoms. The fraction of sp³-hybridized carbons (Fsp3) is 0.875. The van der Waals surface area contributed by atoms with E-state index in [1.165, 1.54) is 6.42 Å². The van der Waals surface area contributed by atoms with E-state index in [0.29, 0.717) is 24.7 Å². The van der Waals surface area contributed by atoms with Gasteiger partial charge in [0.05, 0.1) is 12.6 Å². The number of likely N-dealkylation sites (N-methyl/N-ethyl adjacent to an activating group) is 1. The number of hydrogen-bond acceptors (Lipinski definition) is 3. The molecule has 0 radical (unpaired) electrons. The number of nitrogens with one attached hydrogen (secondary N) is 1. The summed E-state index contributed by atoms with van der Waals surface area (Å²) in [5, 5.41) is 2.97. The van der Waals surface area contributed by atoms with Crippen molar-refractivity contribution in [2.45, 2.75) is 77.0 Å². The van der Waals surface area contributed by atoms with Crippen molar-refractivity contribution in [2.75, 3.05) is 13.6 Å². The maximum absolute atomic E-state index is 12.7. The van der Waals surface area contributed by atoms with Crippen molar-refractivity contribution >= 4 is 11.8 Å². The van der Waals surface area contributed by atoms with Gasteiger partial charge in [0.25, 0.3) is 0 Å². The van der Waals surface area contributed by atoms with Gasteiger partial charge in [0.2, 0.25) is 11.8 Å². The van der Waals surface area contributed by atoms with Crippen LogP contribution in [0.3, 0.4) is 0 Å². The minimum atomic E-state index is -0.252. The maximum Gasteiger partial charge on any atom is 0.240 e. The van der Waals surface area contributed by atoms with E-state index in [9.17, 15) is 9.59 Å². The van der Waals surface area contributed by atoms with Crippen molar-refractivity contribution in [3.8, 4) is 0 Å². The Morgan fingerprint density at radius 3 is 2.29 bits per heavy atom. The number of nitrogens with zero attached hydrogens (tertiary/aromatic N) is 2. The average molecular weight is 295 g/mol. The van der Waals surface area contributed by atoms with Gasteiger partial charge in [-0.25, -0.2) is 0 Å². The van der Waals surface area contributed by atoms with Gasteiger partial charge >= 0.3 is 0 Å². The highest BCUT2D eigenvalue weighted by Gasteiger charge is 2.33. The molecular formula is C16H29N3O2. The Balaban J connectivity index is 1.88. The van der Waals surface area contributed by atoms with Crippen molar-refractivity contribution in [3.05, 3.63) is 0 Å². The van der Waals surface area contributed by atoms with E-state index in [-0.39, 0.29) is 17.9 Å². The fourth-order valence-electron chi connectivity index (χ4n) is 3.12. The van der Waals surface area contributed by atoms with E-state index in [0.717, 1.165) is 25.7 Å². The first-order valence-corrected chi connectivity index (χ1v) is 8.22. The second kappa shape index (κ2) is 6.77. The molecule has 0 aromatic heterocycles. The summed E-state index contributed by atoms with van der Waals surface area (Å²) < 4.78 is 0. The SMILES string of the molecule is C[C@H](C(=O)N1[C@H](C)CCC[C@@H]1C)N(C)CC(=O)NC1CC1. The molecule has 2 rings (SSSR count). The number of carbonyl (C=O) groups excluding carboxylic acids is 2. The Hall–Kier alpha value is -1.10. The van der Waals surface area contributed by atoms with Crippen LogP contribution >= 0.6 is 0 Å². The van der Waals surface area contributed by atoms with Gasteiger partial charge in [-0.3, -0.25) is 14.5 Å². The summed E-state index contributed by atoms with van der Waals surface area (Å²) in [6.07, 6.45) is 5.53. The Labute approximate surface area is 128 Å². The number of piperidine rings is 1. The van der Waals surface area contributed by atoms with E-state index in [1.54, 1.807) is 0 Å². The lowest BCUT2D eigenvalue weighted by molar-refractivity contribution is -0.142. The molecule has 2 fully saturated rings. The molecule has 0 aromatic rings. The van der Waals surface area contributed by atoms with E-state index >= 15 is 0 Å². The third kappa shape index (κ3) is 4.19. The molecule has 1 heterocycles. The predicted octanol–water partition coefficient (Wildman–Crippen LogP) is 1.37. The fourth-order valence-corrected chi connectivity index (χ4v) is 3.12. The van der Waals surface area contributed by atoms with Crippen molar-refractivity contribution in [1.29, 1.82) is 0 Å². The van der Waals surface area contributed by atoms with Gasteiger partial charge < -0.3 is 10.2 Å². The summed E-state index contributed by atoms with van der Waals surface area (Å²) in [7, 11) is 1.86. The summed E-state index contributed by atoms with van der Waals surface area (Å²) in [6, 6.07) is 0.729. The lowest BCUT2D eigenvalue weighted by Crippen LogP contribution is -2.55. The van der Waals surface area contributed by atoms with Gasteiger partial charge in [0.15, 0.2) is 0 Å². The molecule has 21 heavy (non-hydrogen) atoms. The topological polar surface area (TPSA) is 52.7 Å². The third-order valence-corrected chi connectivity index (χ3v) is 4.80. The molecule has 2 amide bonds. The first kappa shape index (κ1) is 16.3. The molecule has 120 valence electrons. The van der Waals surface area contributed by atoms with Gasteiger partial charge in [0, 0.05) is 18.1 Å². The quantitative estimate of drug-likeness (QED) is 0.833. The van der Waals surface area contributed by atoms with Gasteiger partial charge in [-0.05, 0) is 59.9 Å². The van der Waals surface area contributed by atoms with Crippen molar-refractivity contribution in [1.82, 2.24) is 15.1 Å². The Morgan fingerprint density at radius 2 is 1.76 bits per heavy atom. The highest BCUT2D eigenvalue weighted by atomic mass is 16.2. The summed E-state index contributed by atoms with van der Waals surface area (Å²) >= 11 is 0. The van der Waals surface area contributed by atoms with Crippen LogP contribution in [-0.2, 0) is 9.59 Å². The van der Waals surface area contributed by atoms with E-state index < -0.39 is 0 Å². The summed E-state index contributed by atoms with van der Waals surface area (Å²) in [5.74, 6) is 0.177. The molecule has 0 aromatic carbocycles. The molecule has 1 N–H and O–H groups in total. The number of hydrogen-bond donors (Lipinski definition) is 1. The summed E-state index contributed by atoms with van der Waals surface area (Å²) in [5.41, 5.74) is 0. The number of carbonyl (C=O) groups is 2. The van der Waals surface area contributed by atoms with E-state index in [4.69, 9.17) is 0 Å². The number of rotatable bonds is 5. The van der Waals surface area contributed by atoms with E-state index in [1.807, 2.05) is 23.8 Å². The van der Waals surface area contributed by atoms with Crippen molar-refractivity contribution in [2.24, 2.45) is 0 Å². The third-order valence-electron chi connectivity index (χ3n) is 4.80. The van der Waals surface area contributed by atoms with Gasteiger partial charge in [-0.1, -0.05) is 0 Å². The Bertz CT molecular complexity index is 385. The molecule has 1 saturated heterocycles. The van der Waals surface area contributed by atoms with Crippen LogP contribution in [0.4, 0.5) is 0 Å². The van der Waals surface area contributed by atoms with Crippen molar-refractivity contribution < 1.29 is 9.59 Å². The van der Waals surface area contributed by atoms with Crippen LogP contribution in [0.5, 0.6) is 0 Å². The highest BCUT2D eigenvalue weighted by molar-refractivity contribution is 5.84. The van der Waals surface area contributed by atoms with Crippen LogP contribution < -0.4 is 5.32 Å². The monoisotopic (exact) mass is 295 g/mol. The van der Waals surface area contributed by atoms with Crippen LogP contribution in [0.25, 0.3) is 0 Å². The lowest BCUT2D eigenvalue weighted by atomic mass is 9.96. The Morgan fingerprint density at radius 1 is 1.19 bits per heavy atom. The zero-order valence-electron chi connectivity index (χ0n) is 13.8. The van der Waals surface area contributed by atoms with E-state index in [2.05, 4.69) is 19.2 Å². The van der Waals surface area contributed by atoms with Crippen LogP contribution in [0.1, 0.15) is 52.9 Å². The molecular weight excluding hydrogens is 266 g/mol. The molecule has 5 heteroatoms. The highest BCUT2D eigenvalue weighted by Crippen LogP contribution is 2.24. The predicted molar refractivity (Wildman–Crippen MR) is 82.9 cm³/mol. The van der Waals surface area contributed by atoms with Crippen LogP contribution in [0, 0.1) is 0 Å². The summed E-state index contributed by atoms with van der Waals surface area (Å²) in [4.78, 5) is 28.5. The standard InChI is InChI=1S/C16H29N3O2/c1-11-6-5-7-12(2)19(11)16(21)13(3)18(4)10-15(20)17-14-8-9-14/h11-14H,5-10H2,1-4H3,(H,17,20)/t11-,12+,13-/m1/s1. The number of likely N-dealkylation sites (tertiary alicyclic amines) is 1. The first-order chi connectivity index (χ1) is 9.90. The van der Waals surface area contributed by atoms with Crippen molar-refractivity contribution in [3.63, 3.8) is 0 Å². The number of amides is 2. The lowest BCUT2D eigenvalue weighted by Gasteiger charge is -2.41. The molecule has 0 bridgehead atoms. The normalized spacial score (nSPS) is 27.6. The van der Waals surface area contributed by atoms with Crippen LogP contribution in [0.2, 0.25) is 0 Å². The largest absolute Gasteiger partial charge is 0.352 e. The molecule has 1 saturated carbocycles. The molecule has 1 aliphatic carbocycles. The smallest absolute Gasteiger partial charge is 0.240 e. The first-order valence-electron chi connectivity index (χ1n) is 8.22. The van der Waals surface area contributed by atoms with Crippen LogP contribution in [-0.4, -0.2) is 59.4 Å².